The fraction of sp³-hybridized carbons (Fsp3) is 0.429. The lowest BCUT2D eigenvalue weighted by atomic mass is 10.1. The SMILES string of the molecule is CNc1nc2ccccc2nc1NC1CCNCC1. The third-order valence-electron chi connectivity index (χ3n) is 3.49. The van der Waals surface area contributed by atoms with E-state index in [-0.39, 0.29) is 0 Å². The summed E-state index contributed by atoms with van der Waals surface area (Å²) >= 11 is 0. The summed E-state index contributed by atoms with van der Waals surface area (Å²) in [5, 5.41) is 10.0. The first kappa shape index (κ1) is 12.2. The molecule has 0 atom stereocenters. The van der Waals surface area contributed by atoms with Crippen molar-refractivity contribution in [2.24, 2.45) is 0 Å². The van der Waals surface area contributed by atoms with E-state index < -0.39 is 0 Å². The van der Waals surface area contributed by atoms with Crippen molar-refractivity contribution in [1.29, 1.82) is 0 Å². The molecule has 1 aliphatic heterocycles. The Labute approximate surface area is 112 Å². The molecule has 1 aromatic heterocycles. The lowest BCUT2D eigenvalue weighted by molar-refractivity contribution is 0.478. The van der Waals surface area contributed by atoms with Gasteiger partial charge in [0.25, 0.3) is 0 Å². The number of anilines is 2. The van der Waals surface area contributed by atoms with Gasteiger partial charge in [0.05, 0.1) is 11.0 Å². The van der Waals surface area contributed by atoms with Crippen LogP contribution in [0.4, 0.5) is 11.6 Å². The van der Waals surface area contributed by atoms with Gasteiger partial charge in [0.2, 0.25) is 0 Å². The molecule has 3 N–H and O–H groups in total. The van der Waals surface area contributed by atoms with Crippen LogP contribution in [0.5, 0.6) is 0 Å². The van der Waals surface area contributed by atoms with Crippen LogP contribution in [0.25, 0.3) is 11.0 Å². The molecule has 2 heterocycles. The Kier molecular flexibility index (Phi) is 3.46. The number of para-hydroxylation sites is 2. The highest BCUT2D eigenvalue weighted by Crippen LogP contribution is 2.22. The molecular formula is C14H19N5. The van der Waals surface area contributed by atoms with Crippen LogP contribution < -0.4 is 16.0 Å². The number of piperidine rings is 1. The highest BCUT2D eigenvalue weighted by atomic mass is 15.1. The van der Waals surface area contributed by atoms with Crippen molar-refractivity contribution in [3.8, 4) is 0 Å². The van der Waals surface area contributed by atoms with Gasteiger partial charge in [-0.25, -0.2) is 9.97 Å². The average Bonchev–Trinajstić information content (AvgIpc) is 2.47. The molecule has 0 spiro atoms. The molecule has 1 aromatic carbocycles. The van der Waals surface area contributed by atoms with Crippen molar-refractivity contribution < 1.29 is 0 Å². The number of nitrogens with zero attached hydrogens (tertiary/aromatic N) is 2. The second kappa shape index (κ2) is 5.40. The summed E-state index contributed by atoms with van der Waals surface area (Å²) in [6.45, 7) is 2.13. The molecular weight excluding hydrogens is 238 g/mol. The number of hydrogen-bond acceptors (Lipinski definition) is 5. The maximum absolute atomic E-state index is 4.68. The molecule has 0 saturated carbocycles. The highest BCUT2D eigenvalue weighted by molar-refractivity contribution is 5.80. The van der Waals surface area contributed by atoms with Gasteiger partial charge in [-0.15, -0.1) is 0 Å². The van der Waals surface area contributed by atoms with Crippen LogP contribution in [0.2, 0.25) is 0 Å². The predicted octanol–water partition coefficient (Wildman–Crippen LogP) is 1.84. The van der Waals surface area contributed by atoms with Crippen molar-refractivity contribution in [2.45, 2.75) is 18.9 Å². The summed E-state index contributed by atoms with van der Waals surface area (Å²) < 4.78 is 0. The Balaban J connectivity index is 1.91. The Hall–Kier alpha value is -1.88. The van der Waals surface area contributed by atoms with Gasteiger partial charge in [-0.2, -0.15) is 0 Å². The van der Waals surface area contributed by atoms with E-state index in [1.807, 2.05) is 31.3 Å². The van der Waals surface area contributed by atoms with Crippen molar-refractivity contribution in [3.63, 3.8) is 0 Å². The van der Waals surface area contributed by atoms with Gasteiger partial charge >= 0.3 is 0 Å². The second-order valence-corrected chi connectivity index (χ2v) is 4.83. The monoisotopic (exact) mass is 257 g/mol. The number of fused-ring (bicyclic) bond motifs is 1. The van der Waals surface area contributed by atoms with Crippen LogP contribution in [0.3, 0.4) is 0 Å². The van der Waals surface area contributed by atoms with Gasteiger partial charge in [0.1, 0.15) is 0 Å². The van der Waals surface area contributed by atoms with Crippen LogP contribution in [-0.2, 0) is 0 Å². The number of rotatable bonds is 3. The first-order valence-corrected chi connectivity index (χ1v) is 6.78. The van der Waals surface area contributed by atoms with E-state index in [2.05, 4.69) is 25.9 Å². The molecule has 0 radical (unpaired) electrons. The fourth-order valence-electron chi connectivity index (χ4n) is 2.43. The maximum atomic E-state index is 4.68. The Bertz CT molecular complexity index is 563. The number of aromatic nitrogens is 2. The summed E-state index contributed by atoms with van der Waals surface area (Å²) in [5.41, 5.74) is 1.85. The first-order valence-electron chi connectivity index (χ1n) is 6.78. The Morgan fingerprint density at radius 2 is 1.68 bits per heavy atom. The summed E-state index contributed by atoms with van der Waals surface area (Å²) in [6, 6.07) is 8.43. The van der Waals surface area contributed by atoms with Crippen LogP contribution in [0.15, 0.2) is 24.3 Å². The van der Waals surface area contributed by atoms with E-state index in [9.17, 15) is 0 Å². The number of nitrogens with one attached hydrogen (secondary N) is 3. The van der Waals surface area contributed by atoms with E-state index in [0.717, 1.165) is 48.6 Å². The molecule has 19 heavy (non-hydrogen) atoms. The molecule has 2 aromatic rings. The van der Waals surface area contributed by atoms with Gasteiger partial charge < -0.3 is 16.0 Å². The van der Waals surface area contributed by atoms with E-state index in [0.29, 0.717) is 6.04 Å². The molecule has 0 bridgehead atoms. The predicted molar refractivity (Wildman–Crippen MR) is 78.6 cm³/mol. The fourth-order valence-corrected chi connectivity index (χ4v) is 2.43. The van der Waals surface area contributed by atoms with Crippen molar-refractivity contribution in [2.75, 3.05) is 30.8 Å². The minimum atomic E-state index is 0.476. The Morgan fingerprint density at radius 1 is 1.05 bits per heavy atom. The van der Waals surface area contributed by atoms with Gasteiger partial charge in [-0.3, -0.25) is 0 Å². The summed E-state index contributed by atoms with van der Waals surface area (Å²) in [6.07, 6.45) is 2.25. The lowest BCUT2D eigenvalue weighted by Gasteiger charge is -2.25. The summed E-state index contributed by atoms with van der Waals surface area (Å²) in [7, 11) is 1.88. The molecule has 1 aliphatic rings. The normalized spacial score (nSPS) is 16.5. The minimum Gasteiger partial charge on any atom is -0.370 e. The molecule has 0 unspecified atom stereocenters. The van der Waals surface area contributed by atoms with Crippen LogP contribution >= 0.6 is 0 Å². The molecule has 5 heteroatoms. The van der Waals surface area contributed by atoms with E-state index in [1.165, 1.54) is 0 Å². The van der Waals surface area contributed by atoms with E-state index >= 15 is 0 Å². The zero-order valence-corrected chi connectivity index (χ0v) is 11.1. The number of hydrogen-bond donors (Lipinski definition) is 3. The molecule has 100 valence electrons. The van der Waals surface area contributed by atoms with Crippen LogP contribution in [0.1, 0.15) is 12.8 Å². The standard InChI is InChI=1S/C14H19N5/c1-15-13-14(17-10-6-8-16-9-7-10)19-12-5-3-2-4-11(12)18-13/h2-5,10,16H,6-9H2,1H3,(H,15,18)(H,17,19). The van der Waals surface area contributed by atoms with E-state index in [1.54, 1.807) is 0 Å². The topological polar surface area (TPSA) is 61.9 Å². The zero-order chi connectivity index (χ0) is 13.1. The van der Waals surface area contributed by atoms with Gasteiger partial charge in [0, 0.05) is 13.1 Å². The third-order valence-corrected chi connectivity index (χ3v) is 3.49. The lowest BCUT2D eigenvalue weighted by Crippen LogP contribution is -2.35. The average molecular weight is 257 g/mol. The molecule has 0 amide bonds. The van der Waals surface area contributed by atoms with Gasteiger partial charge in [-0.1, -0.05) is 12.1 Å². The minimum absolute atomic E-state index is 0.476. The molecule has 5 nitrogen and oxygen atoms in total. The van der Waals surface area contributed by atoms with E-state index in [4.69, 9.17) is 0 Å². The van der Waals surface area contributed by atoms with Crippen molar-refractivity contribution in [1.82, 2.24) is 15.3 Å². The number of benzene rings is 1. The Morgan fingerprint density at radius 3 is 2.32 bits per heavy atom. The van der Waals surface area contributed by atoms with Gasteiger partial charge in [-0.05, 0) is 38.1 Å². The van der Waals surface area contributed by atoms with Crippen LogP contribution in [-0.4, -0.2) is 36.1 Å². The van der Waals surface area contributed by atoms with Crippen molar-refractivity contribution in [3.05, 3.63) is 24.3 Å². The zero-order valence-electron chi connectivity index (χ0n) is 11.1. The highest BCUT2D eigenvalue weighted by Gasteiger charge is 2.15. The maximum Gasteiger partial charge on any atom is 0.169 e. The largest absolute Gasteiger partial charge is 0.370 e. The molecule has 3 rings (SSSR count). The first-order chi connectivity index (χ1) is 9.36. The quantitative estimate of drug-likeness (QED) is 0.783. The van der Waals surface area contributed by atoms with Gasteiger partial charge in [0.15, 0.2) is 11.6 Å². The second-order valence-electron chi connectivity index (χ2n) is 4.83. The molecule has 0 aliphatic carbocycles. The molecule has 1 saturated heterocycles. The summed E-state index contributed by atoms with van der Waals surface area (Å²) in [5.74, 6) is 1.67. The van der Waals surface area contributed by atoms with Crippen LogP contribution in [0, 0.1) is 0 Å². The smallest absolute Gasteiger partial charge is 0.169 e. The van der Waals surface area contributed by atoms with Crippen molar-refractivity contribution >= 4 is 22.7 Å². The third kappa shape index (κ3) is 2.61. The molecule has 1 fully saturated rings. The summed E-state index contributed by atoms with van der Waals surface area (Å²) in [4.78, 5) is 9.29.